The molecule has 0 N–H and O–H groups in total. The maximum Gasteiger partial charge on any atom is 0.121 e. The Morgan fingerprint density at radius 2 is 1.89 bits per heavy atom. The van der Waals surface area contributed by atoms with Crippen molar-refractivity contribution in [2.24, 2.45) is 0 Å². The van der Waals surface area contributed by atoms with Gasteiger partial charge in [0.05, 0.1) is 21.7 Å². The molecule has 0 heterocycles. The van der Waals surface area contributed by atoms with Crippen LogP contribution in [0, 0.1) is 11.3 Å². The van der Waals surface area contributed by atoms with Crippen LogP contribution in [0.2, 0.25) is 10.0 Å². The van der Waals surface area contributed by atoms with E-state index in [1.807, 2.05) is 12.1 Å². The summed E-state index contributed by atoms with van der Waals surface area (Å²) >= 11 is 12.0. The minimum Gasteiger partial charge on any atom is -0.489 e. The van der Waals surface area contributed by atoms with Gasteiger partial charge >= 0.3 is 0 Å². The molecule has 0 aliphatic carbocycles. The molecule has 0 aliphatic rings. The molecule has 0 radical (unpaired) electrons. The van der Waals surface area contributed by atoms with E-state index >= 15 is 0 Å². The molecule has 0 aromatic heterocycles. The van der Waals surface area contributed by atoms with Crippen LogP contribution in [0.3, 0.4) is 0 Å². The highest BCUT2D eigenvalue weighted by molar-refractivity contribution is 6.42. The molecule has 0 amide bonds. The lowest BCUT2D eigenvalue weighted by atomic mass is 10.2. The lowest BCUT2D eigenvalue weighted by Crippen LogP contribution is -1.96. The Labute approximate surface area is 115 Å². The van der Waals surface area contributed by atoms with Crippen molar-refractivity contribution < 1.29 is 4.74 Å². The molecule has 0 unspecified atom stereocenters. The van der Waals surface area contributed by atoms with Crippen LogP contribution in [0.4, 0.5) is 0 Å². The van der Waals surface area contributed by atoms with Crippen molar-refractivity contribution >= 4 is 23.2 Å². The molecule has 2 aromatic rings. The maximum atomic E-state index is 8.78. The second kappa shape index (κ2) is 5.77. The molecule has 2 nitrogen and oxygen atoms in total. The number of hydrogen-bond donors (Lipinski definition) is 0. The van der Waals surface area contributed by atoms with Gasteiger partial charge in [0.1, 0.15) is 12.4 Å². The topological polar surface area (TPSA) is 33.0 Å². The van der Waals surface area contributed by atoms with Crippen LogP contribution in [0.1, 0.15) is 11.1 Å². The Hall–Kier alpha value is -1.69. The Kier molecular flexibility index (Phi) is 4.09. The van der Waals surface area contributed by atoms with Crippen molar-refractivity contribution in [2.45, 2.75) is 6.61 Å². The monoisotopic (exact) mass is 277 g/mol. The number of halogens is 2. The van der Waals surface area contributed by atoms with Gasteiger partial charge in [0.25, 0.3) is 0 Å². The third-order valence-corrected chi connectivity index (χ3v) is 3.25. The Morgan fingerprint density at radius 3 is 2.67 bits per heavy atom. The first-order valence-electron chi connectivity index (χ1n) is 5.26. The molecule has 0 fully saturated rings. The number of ether oxygens (including phenoxy) is 1. The summed E-state index contributed by atoms with van der Waals surface area (Å²) in [6.45, 7) is 0.314. The van der Waals surface area contributed by atoms with Gasteiger partial charge in [0.2, 0.25) is 0 Å². The first kappa shape index (κ1) is 12.8. The lowest BCUT2D eigenvalue weighted by molar-refractivity contribution is 0.306. The molecule has 0 spiro atoms. The van der Waals surface area contributed by atoms with Crippen molar-refractivity contribution in [1.82, 2.24) is 0 Å². The number of hydrogen-bond acceptors (Lipinski definition) is 2. The van der Waals surface area contributed by atoms with Crippen LogP contribution in [-0.2, 0) is 6.61 Å². The van der Waals surface area contributed by atoms with E-state index in [0.29, 0.717) is 28.0 Å². The Bertz CT molecular complexity index is 605. The highest BCUT2D eigenvalue weighted by Gasteiger charge is 2.05. The maximum absolute atomic E-state index is 8.78. The van der Waals surface area contributed by atoms with Gasteiger partial charge in [-0.2, -0.15) is 5.26 Å². The molecule has 4 heteroatoms. The number of nitriles is 1. The predicted molar refractivity (Wildman–Crippen MR) is 72.0 cm³/mol. The third-order valence-electron chi connectivity index (χ3n) is 2.39. The van der Waals surface area contributed by atoms with E-state index in [1.54, 1.807) is 30.3 Å². The van der Waals surface area contributed by atoms with Gasteiger partial charge in [0.15, 0.2) is 0 Å². The predicted octanol–water partition coefficient (Wildman–Crippen LogP) is 4.44. The van der Waals surface area contributed by atoms with Gasteiger partial charge in [-0.1, -0.05) is 41.4 Å². The molecule has 0 saturated carbocycles. The fraction of sp³-hybridized carbons (Fsp3) is 0.0714. The number of benzene rings is 2. The second-order valence-corrected chi connectivity index (χ2v) is 4.43. The molecule has 18 heavy (non-hydrogen) atoms. The zero-order valence-corrected chi connectivity index (χ0v) is 10.9. The van der Waals surface area contributed by atoms with Crippen LogP contribution < -0.4 is 4.74 Å². The molecule has 0 bridgehead atoms. The molecular weight excluding hydrogens is 269 g/mol. The summed E-state index contributed by atoms with van der Waals surface area (Å²) in [6, 6.07) is 14.4. The summed E-state index contributed by atoms with van der Waals surface area (Å²) < 4.78 is 5.58. The van der Waals surface area contributed by atoms with Crippen LogP contribution in [0.5, 0.6) is 5.75 Å². The average molecular weight is 278 g/mol. The number of nitrogens with zero attached hydrogens (tertiary/aromatic N) is 1. The van der Waals surface area contributed by atoms with Crippen molar-refractivity contribution in [3.63, 3.8) is 0 Å². The first-order chi connectivity index (χ1) is 8.70. The van der Waals surface area contributed by atoms with Gasteiger partial charge in [-0.3, -0.25) is 0 Å². The van der Waals surface area contributed by atoms with E-state index < -0.39 is 0 Å². The SMILES string of the molecule is N#Cc1cccc(OCc2cccc(Cl)c2Cl)c1. The second-order valence-electron chi connectivity index (χ2n) is 3.64. The molecule has 2 aromatic carbocycles. The summed E-state index contributed by atoms with van der Waals surface area (Å²) in [6.07, 6.45) is 0. The number of rotatable bonds is 3. The van der Waals surface area contributed by atoms with Crippen LogP contribution in [-0.4, -0.2) is 0 Å². The van der Waals surface area contributed by atoms with Gasteiger partial charge in [-0.15, -0.1) is 0 Å². The normalized spacial score (nSPS) is 9.83. The summed E-state index contributed by atoms with van der Waals surface area (Å²) in [4.78, 5) is 0. The fourth-order valence-corrected chi connectivity index (χ4v) is 1.85. The van der Waals surface area contributed by atoms with E-state index in [-0.39, 0.29) is 0 Å². The first-order valence-corrected chi connectivity index (χ1v) is 6.02. The smallest absolute Gasteiger partial charge is 0.121 e. The van der Waals surface area contributed by atoms with Crippen LogP contribution in [0.15, 0.2) is 42.5 Å². The van der Waals surface area contributed by atoms with E-state index in [0.717, 1.165) is 5.56 Å². The van der Waals surface area contributed by atoms with Gasteiger partial charge in [0, 0.05) is 5.56 Å². The minimum absolute atomic E-state index is 0.314. The molecular formula is C14H9Cl2NO. The summed E-state index contributed by atoms with van der Waals surface area (Å²) in [5, 5.41) is 9.78. The van der Waals surface area contributed by atoms with E-state index in [4.69, 9.17) is 33.2 Å². The lowest BCUT2D eigenvalue weighted by Gasteiger charge is -2.08. The summed E-state index contributed by atoms with van der Waals surface area (Å²) in [5.41, 5.74) is 1.37. The highest BCUT2D eigenvalue weighted by atomic mass is 35.5. The van der Waals surface area contributed by atoms with Gasteiger partial charge < -0.3 is 4.74 Å². The largest absolute Gasteiger partial charge is 0.489 e. The average Bonchev–Trinajstić information content (AvgIpc) is 2.41. The van der Waals surface area contributed by atoms with E-state index in [9.17, 15) is 0 Å². The minimum atomic E-state index is 0.314. The zero-order valence-electron chi connectivity index (χ0n) is 9.36. The van der Waals surface area contributed by atoms with Gasteiger partial charge in [-0.25, -0.2) is 0 Å². The van der Waals surface area contributed by atoms with Crippen LogP contribution in [0.25, 0.3) is 0 Å². The Balaban J connectivity index is 2.12. The van der Waals surface area contributed by atoms with Crippen LogP contribution >= 0.6 is 23.2 Å². The van der Waals surface area contributed by atoms with Crippen molar-refractivity contribution in [2.75, 3.05) is 0 Å². The molecule has 90 valence electrons. The van der Waals surface area contributed by atoms with E-state index in [1.165, 1.54) is 0 Å². The molecule has 2 rings (SSSR count). The quantitative estimate of drug-likeness (QED) is 0.831. The van der Waals surface area contributed by atoms with E-state index in [2.05, 4.69) is 6.07 Å². The molecule has 0 atom stereocenters. The zero-order chi connectivity index (χ0) is 13.0. The fourth-order valence-electron chi connectivity index (χ4n) is 1.48. The summed E-state index contributed by atoms with van der Waals surface area (Å²) in [7, 11) is 0. The standard InChI is InChI=1S/C14H9Cl2NO/c15-13-6-2-4-11(14(13)16)9-18-12-5-1-3-10(7-12)8-17/h1-7H,9H2. The van der Waals surface area contributed by atoms with Gasteiger partial charge in [-0.05, 0) is 24.3 Å². The highest BCUT2D eigenvalue weighted by Crippen LogP contribution is 2.26. The molecule has 0 aliphatic heterocycles. The van der Waals surface area contributed by atoms with Crippen molar-refractivity contribution in [3.05, 3.63) is 63.6 Å². The molecule has 0 saturated heterocycles. The van der Waals surface area contributed by atoms with Crippen molar-refractivity contribution in [1.29, 1.82) is 5.26 Å². The van der Waals surface area contributed by atoms with Crippen molar-refractivity contribution in [3.8, 4) is 11.8 Å². The third kappa shape index (κ3) is 2.95. The summed E-state index contributed by atoms with van der Waals surface area (Å²) in [5.74, 6) is 0.630. The Morgan fingerprint density at radius 1 is 1.11 bits per heavy atom.